The van der Waals surface area contributed by atoms with Gasteiger partial charge >= 0.3 is 0 Å². The summed E-state index contributed by atoms with van der Waals surface area (Å²) in [6, 6.07) is 8.77. The third kappa shape index (κ3) is 4.39. The van der Waals surface area contributed by atoms with Gasteiger partial charge in [-0.25, -0.2) is 0 Å². The Hall–Kier alpha value is -1.02. The summed E-state index contributed by atoms with van der Waals surface area (Å²) in [4.78, 5) is 0. The summed E-state index contributed by atoms with van der Waals surface area (Å²) >= 11 is 0. The van der Waals surface area contributed by atoms with Gasteiger partial charge in [0.25, 0.3) is 0 Å². The van der Waals surface area contributed by atoms with Gasteiger partial charge in [0, 0.05) is 6.04 Å². The van der Waals surface area contributed by atoms with Crippen LogP contribution in [0, 0.1) is 5.92 Å². The SMILES string of the molecule is CCCC(C)CC(NC)c1cccc(OC)c1. The Bertz CT molecular complexity index is 324. The van der Waals surface area contributed by atoms with Crippen molar-refractivity contribution in [3.8, 4) is 5.75 Å². The van der Waals surface area contributed by atoms with Gasteiger partial charge in [0.1, 0.15) is 5.75 Å². The van der Waals surface area contributed by atoms with Gasteiger partial charge in [-0.3, -0.25) is 0 Å². The van der Waals surface area contributed by atoms with Gasteiger partial charge in [-0.05, 0) is 37.1 Å². The molecule has 1 N–H and O–H groups in total. The molecule has 0 fully saturated rings. The van der Waals surface area contributed by atoms with Crippen LogP contribution < -0.4 is 10.1 Å². The number of hydrogen-bond donors (Lipinski definition) is 1. The summed E-state index contributed by atoms with van der Waals surface area (Å²) in [7, 11) is 3.75. The summed E-state index contributed by atoms with van der Waals surface area (Å²) in [5, 5.41) is 3.40. The normalized spacial score (nSPS) is 14.4. The largest absolute Gasteiger partial charge is 0.497 e. The number of hydrogen-bond acceptors (Lipinski definition) is 2. The maximum absolute atomic E-state index is 5.27. The molecule has 0 aliphatic heterocycles. The zero-order chi connectivity index (χ0) is 12.7. The fourth-order valence-electron chi connectivity index (χ4n) is 2.29. The molecular formula is C15H25NO. The van der Waals surface area contributed by atoms with Crippen molar-refractivity contribution in [2.75, 3.05) is 14.2 Å². The Labute approximate surface area is 105 Å². The van der Waals surface area contributed by atoms with Crippen LogP contribution in [0.3, 0.4) is 0 Å². The van der Waals surface area contributed by atoms with Gasteiger partial charge in [-0.15, -0.1) is 0 Å². The molecule has 1 aromatic carbocycles. The molecule has 2 nitrogen and oxygen atoms in total. The standard InChI is InChI=1S/C15H25NO/c1-5-7-12(2)10-15(16-3)13-8-6-9-14(11-13)17-4/h6,8-9,11-12,15-16H,5,7,10H2,1-4H3. The smallest absolute Gasteiger partial charge is 0.119 e. The summed E-state index contributed by atoms with van der Waals surface area (Å²) in [5.41, 5.74) is 1.31. The molecular weight excluding hydrogens is 210 g/mol. The van der Waals surface area contributed by atoms with E-state index in [1.807, 2.05) is 13.1 Å². The van der Waals surface area contributed by atoms with Gasteiger partial charge in [0.05, 0.1) is 7.11 Å². The second-order valence-electron chi connectivity index (χ2n) is 4.75. The second-order valence-corrected chi connectivity index (χ2v) is 4.75. The van der Waals surface area contributed by atoms with Crippen molar-refractivity contribution in [3.05, 3.63) is 29.8 Å². The molecule has 0 aliphatic rings. The first-order valence-corrected chi connectivity index (χ1v) is 6.52. The van der Waals surface area contributed by atoms with Crippen LogP contribution in [-0.2, 0) is 0 Å². The van der Waals surface area contributed by atoms with E-state index in [4.69, 9.17) is 4.74 Å². The van der Waals surface area contributed by atoms with E-state index in [9.17, 15) is 0 Å². The lowest BCUT2D eigenvalue weighted by Gasteiger charge is -2.21. The van der Waals surface area contributed by atoms with Crippen molar-refractivity contribution in [2.24, 2.45) is 5.92 Å². The number of rotatable bonds is 7. The van der Waals surface area contributed by atoms with Gasteiger partial charge in [0.15, 0.2) is 0 Å². The lowest BCUT2D eigenvalue weighted by atomic mass is 9.93. The number of methoxy groups -OCH3 is 1. The predicted octanol–water partition coefficient (Wildman–Crippen LogP) is 3.78. The molecule has 17 heavy (non-hydrogen) atoms. The molecule has 2 heteroatoms. The van der Waals surface area contributed by atoms with Crippen molar-refractivity contribution in [1.29, 1.82) is 0 Å². The lowest BCUT2D eigenvalue weighted by molar-refractivity contribution is 0.398. The van der Waals surface area contributed by atoms with Gasteiger partial charge in [-0.1, -0.05) is 38.8 Å². The molecule has 0 bridgehead atoms. The van der Waals surface area contributed by atoms with E-state index < -0.39 is 0 Å². The van der Waals surface area contributed by atoms with Crippen LogP contribution in [0.2, 0.25) is 0 Å². The fraction of sp³-hybridized carbons (Fsp3) is 0.600. The molecule has 0 aromatic heterocycles. The summed E-state index contributed by atoms with van der Waals surface area (Å²) in [6.45, 7) is 4.57. The Morgan fingerprint density at radius 3 is 2.71 bits per heavy atom. The Balaban J connectivity index is 2.71. The first-order valence-electron chi connectivity index (χ1n) is 6.52. The highest BCUT2D eigenvalue weighted by molar-refractivity contribution is 5.30. The molecule has 0 heterocycles. The zero-order valence-corrected chi connectivity index (χ0v) is 11.5. The minimum Gasteiger partial charge on any atom is -0.497 e. The van der Waals surface area contributed by atoms with Crippen molar-refractivity contribution in [1.82, 2.24) is 5.32 Å². The third-order valence-electron chi connectivity index (χ3n) is 3.26. The molecule has 1 aromatic rings. The Morgan fingerprint density at radius 1 is 1.35 bits per heavy atom. The molecule has 2 atom stereocenters. The average molecular weight is 235 g/mol. The molecule has 0 saturated carbocycles. The maximum Gasteiger partial charge on any atom is 0.119 e. The van der Waals surface area contributed by atoms with Gasteiger partial charge in [-0.2, -0.15) is 0 Å². The lowest BCUT2D eigenvalue weighted by Crippen LogP contribution is -2.19. The molecule has 96 valence electrons. The molecule has 0 aliphatic carbocycles. The molecule has 0 saturated heterocycles. The van der Waals surface area contributed by atoms with Crippen LogP contribution in [0.5, 0.6) is 5.75 Å². The van der Waals surface area contributed by atoms with Crippen LogP contribution in [0.25, 0.3) is 0 Å². The summed E-state index contributed by atoms with van der Waals surface area (Å²) in [5.74, 6) is 1.69. The van der Waals surface area contributed by atoms with E-state index in [2.05, 4.69) is 37.4 Å². The summed E-state index contributed by atoms with van der Waals surface area (Å²) in [6.07, 6.45) is 3.73. The van der Waals surface area contributed by atoms with Crippen molar-refractivity contribution in [3.63, 3.8) is 0 Å². The molecule has 0 spiro atoms. The molecule has 2 unspecified atom stereocenters. The topological polar surface area (TPSA) is 21.3 Å². The van der Waals surface area contributed by atoms with Crippen LogP contribution in [0.1, 0.15) is 44.7 Å². The van der Waals surface area contributed by atoms with E-state index in [0.717, 1.165) is 11.7 Å². The van der Waals surface area contributed by atoms with Crippen LogP contribution in [0.15, 0.2) is 24.3 Å². The highest BCUT2D eigenvalue weighted by atomic mass is 16.5. The van der Waals surface area contributed by atoms with Gasteiger partial charge in [0.2, 0.25) is 0 Å². The van der Waals surface area contributed by atoms with Crippen molar-refractivity contribution in [2.45, 2.75) is 39.2 Å². The van der Waals surface area contributed by atoms with E-state index in [0.29, 0.717) is 6.04 Å². The maximum atomic E-state index is 5.27. The number of nitrogens with one attached hydrogen (secondary N) is 1. The van der Waals surface area contributed by atoms with E-state index in [1.54, 1.807) is 7.11 Å². The average Bonchev–Trinajstić information content (AvgIpc) is 2.36. The minimum atomic E-state index is 0.423. The van der Waals surface area contributed by atoms with Crippen molar-refractivity contribution >= 4 is 0 Å². The van der Waals surface area contributed by atoms with Crippen molar-refractivity contribution < 1.29 is 4.74 Å². The number of ether oxygens (including phenoxy) is 1. The highest BCUT2D eigenvalue weighted by Gasteiger charge is 2.13. The Morgan fingerprint density at radius 2 is 2.12 bits per heavy atom. The van der Waals surface area contributed by atoms with E-state index >= 15 is 0 Å². The van der Waals surface area contributed by atoms with Crippen LogP contribution in [0.4, 0.5) is 0 Å². The number of benzene rings is 1. The van der Waals surface area contributed by atoms with Crippen LogP contribution >= 0.6 is 0 Å². The predicted molar refractivity (Wildman–Crippen MR) is 73.5 cm³/mol. The highest BCUT2D eigenvalue weighted by Crippen LogP contribution is 2.25. The van der Waals surface area contributed by atoms with E-state index in [1.165, 1.54) is 24.8 Å². The van der Waals surface area contributed by atoms with E-state index in [-0.39, 0.29) is 0 Å². The fourth-order valence-corrected chi connectivity index (χ4v) is 2.29. The molecule has 0 radical (unpaired) electrons. The first-order chi connectivity index (χ1) is 8.21. The monoisotopic (exact) mass is 235 g/mol. The molecule has 0 amide bonds. The third-order valence-corrected chi connectivity index (χ3v) is 3.26. The van der Waals surface area contributed by atoms with Crippen LogP contribution in [-0.4, -0.2) is 14.2 Å². The zero-order valence-electron chi connectivity index (χ0n) is 11.5. The first kappa shape index (κ1) is 14.0. The van der Waals surface area contributed by atoms with Gasteiger partial charge < -0.3 is 10.1 Å². The second kappa shape index (κ2) is 7.33. The summed E-state index contributed by atoms with van der Waals surface area (Å²) < 4.78 is 5.27. The molecule has 1 rings (SSSR count). The Kier molecular flexibility index (Phi) is 6.06. The quantitative estimate of drug-likeness (QED) is 0.776. The minimum absolute atomic E-state index is 0.423.